The van der Waals surface area contributed by atoms with Crippen LogP contribution in [0, 0.1) is 0 Å². The normalized spacial score (nSPS) is 15.4. The summed E-state index contributed by atoms with van der Waals surface area (Å²) < 4.78 is 1.86. The van der Waals surface area contributed by atoms with Crippen LogP contribution in [0.15, 0.2) is 18.5 Å². The molecular weight excluding hydrogens is 224 g/mol. The van der Waals surface area contributed by atoms with Gasteiger partial charge < -0.3 is 0 Å². The van der Waals surface area contributed by atoms with E-state index in [0.717, 1.165) is 11.4 Å². The van der Waals surface area contributed by atoms with Gasteiger partial charge in [0.05, 0.1) is 5.02 Å². The predicted octanol–water partition coefficient (Wildman–Crippen LogP) is 2.41. The zero-order valence-corrected chi connectivity index (χ0v) is 9.65. The lowest BCUT2D eigenvalue weighted by Gasteiger charge is -1.93. The second-order valence-electron chi connectivity index (χ2n) is 4.08. The Labute approximate surface area is 98.3 Å². The average Bonchev–Trinajstić information content (AvgIpc) is 3.02. The first-order chi connectivity index (χ1) is 7.74. The monoisotopic (exact) mass is 234 g/mol. The number of rotatable bonds is 2. The van der Waals surface area contributed by atoms with Crippen molar-refractivity contribution in [2.45, 2.75) is 18.8 Å². The molecule has 0 aromatic carbocycles. The summed E-state index contributed by atoms with van der Waals surface area (Å²) in [6, 6.07) is 1.83. The first-order valence-corrected chi connectivity index (χ1v) is 5.63. The zero-order chi connectivity index (χ0) is 11.1. The van der Waals surface area contributed by atoms with Gasteiger partial charge in [-0.15, -0.1) is 0 Å². The summed E-state index contributed by atoms with van der Waals surface area (Å²) in [4.78, 5) is 8.58. The number of hydrogen-bond donors (Lipinski definition) is 0. The van der Waals surface area contributed by atoms with Gasteiger partial charge in [0.1, 0.15) is 5.82 Å². The number of aromatic nitrogens is 4. The van der Waals surface area contributed by atoms with Gasteiger partial charge in [-0.05, 0) is 18.9 Å². The smallest absolute Gasteiger partial charge is 0.182 e. The van der Waals surface area contributed by atoms with Crippen molar-refractivity contribution in [3.63, 3.8) is 0 Å². The fourth-order valence-electron chi connectivity index (χ4n) is 1.75. The largest absolute Gasteiger partial charge is 0.262 e. The molecule has 3 rings (SSSR count). The molecular formula is C11H11ClN4. The van der Waals surface area contributed by atoms with Crippen molar-refractivity contribution < 1.29 is 0 Å². The van der Waals surface area contributed by atoms with E-state index in [1.165, 1.54) is 12.8 Å². The molecule has 0 radical (unpaired) electrons. The van der Waals surface area contributed by atoms with Gasteiger partial charge in [0.2, 0.25) is 0 Å². The fourth-order valence-corrected chi connectivity index (χ4v) is 1.92. The Bertz CT molecular complexity index is 531. The van der Waals surface area contributed by atoms with Gasteiger partial charge in [-0.2, -0.15) is 5.10 Å². The van der Waals surface area contributed by atoms with E-state index in [1.54, 1.807) is 12.4 Å². The highest BCUT2D eigenvalue weighted by atomic mass is 35.5. The Morgan fingerprint density at radius 2 is 2.19 bits per heavy atom. The Kier molecular flexibility index (Phi) is 2.17. The number of hydrogen-bond acceptors (Lipinski definition) is 3. The lowest BCUT2D eigenvalue weighted by atomic mass is 10.3. The van der Waals surface area contributed by atoms with E-state index in [4.69, 9.17) is 11.6 Å². The van der Waals surface area contributed by atoms with Gasteiger partial charge in [-0.3, -0.25) is 9.67 Å². The fraction of sp³-hybridized carbons (Fsp3) is 0.364. The van der Waals surface area contributed by atoms with Crippen LogP contribution in [0.3, 0.4) is 0 Å². The third-order valence-corrected chi connectivity index (χ3v) is 2.91. The van der Waals surface area contributed by atoms with Crippen molar-refractivity contribution in [2.24, 2.45) is 7.05 Å². The van der Waals surface area contributed by atoms with Crippen molar-refractivity contribution in [3.05, 3.63) is 29.3 Å². The van der Waals surface area contributed by atoms with E-state index in [2.05, 4.69) is 15.1 Å². The van der Waals surface area contributed by atoms with Gasteiger partial charge >= 0.3 is 0 Å². The second kappa shape index (κ2) is 3.56. The topological polar surface area (TPSA) is 43.6 Å². The molecule has 0 atom stereocenters. The Balaban J connectivity index is 2.03. The van der Waals surface area contributed by atoms with E-state index in [-0.39, 0.29) is 0 Å². The van der Waals surface area contributed by atoms with Crippen molar-refractivity contribution in [1.29, 1.82) is 0 Å². The molecule has 82 valence electrons. The maximum Gasteiger partial charge on any atom is 0.182 e. The van der Waals surface area contributed by atoms with Crippen LogP contribution >= 0.6 is 11.6 Å². The lowest BCUT2D eigenvalue weighted by Crippen LogP contribution is -1.96. The van der Waals surface area contributed by atoms with E-state index < -0.39 is 0 Å². The molecule has 1 saturated carbocycles. The molecule has 5 heteroatoms. The van der Waals surface area contributed by atoms with Crippen molar-refractivity contribution >= 4 is 11.6 Å². The minimum Gasteiger partial charge on any atom is -0.262 e. The van der Waals surface area contributed by atoms with Crippen LogP contribution < -0.4 is 0 Å². The highest BCUT2D eigenvalue weighted by molar-refractivity contribution is 6.30. The number of halogens is 1. The average molecular weight is 235 g/mol. The molecule has 2 aromatic heterocycles. The first kappa shape index (κ1) is 9.78. The van der Waals surface area contributed by atoms with E-state index in [9.17, 15) is 0 Å². The predicted molar refractivity (Wildman–Crippen MR) is 61.2 cm³/mol. The zero-order valence-electron chi connectivity index (χ0n) is 8.89. The molecule has 0 N–H and O–H groups in total. The molecule has 0 bridgehead atoms. The maximum absolute atomic E-state index is 5.89. The van der Waals surface area contributed by atoms with Crippen LogP contribution in [-0.4, -0.2) is 19.7 Å². The second-order valence-corrected chi connectivity index (χ2v) is 4.52. The van der Waals surface area contributed by atoms with Crippen molar-refractivity contribution in [1.82, 2.24) is 19.7 Å². The summed E-state index contributed by atoms with van der Waals surface area (Å²) in [5, 5.41) is 5.00. The molecule has 0 amide bonds. The molecule has 1 aliphatic rings. The minimum atomic E-state index is 0.596. The van der Waals surface area contributed by atoms with E-state index in [0.29, 0.717) is 16.8 Å². The SMILES string of the molecule is Cn1nc(-c2cncc(Cl)c2)nc1C1CC1. The molecule has 16 heavy (non-hydrogen) atoms. The number of aryl methyl sites for hydroxylation is 1. The molecule has 1 aliphatic carbocycles. The standard InChI is InChI=1S/C11H11ClN4/c1-16-11(7-2-3-7)14-10(15-16)8-4-9(12)6-13-5-8/h4-7H,2-3H2,1H3. The number of nitrogens with zero attached hydrogens (tertiary/aromatic N) is 4. The Hall–Kier alpha value is -1.42. The van der Waals surface area contributed by atoms with Crippen LogP contribution in [0.1, 0.15) is 24.6 Å². The Morgan fingerprint density at radius 1 is 1.38 bits per heavy atom. The quantitative estimate of drug-likeness (QED) is 0.802. The molecule has 0 aliphatic heterocycles. The molecule has 2 aromatic rings. The minimum absolute atomic E-state index is 0.596. The van der Waals surface area contributed by atoms with Crippen LogP contribution in [-0.2, 0) is 7.05 Å². The van der Waals surface area contributed by atoms with Gasteiger partial charge in [-0.1, -0.05) is 11.6 Å². The summed E-state index contributed by atoms with van der Waals surface area (Å²) in [6.07, 6.45) is 5.78. The third kappa shape index (κ3) is 1.69. The van der Waals surface area contributed by atoms with Gasteiger partial charge in [-0.25, -0.2) is 4.98 Å². The highest BCUT2D eigenvalue weighted by Crippen LogP contribution is 2.39. The first-order valence-electron chi connectivity index (χ1n) is 5.26. The highest BCUT2D eigenvalue weighted by Gasteiger charge is 2.29. The van der Waals surface area contributed by atoms with E-state index in [1.807, 2.05) is 17.8 Å². The molecule has 2 heterocycles. The van der Waals surface area contributed by atoms with Gasteiger partial charge in [0, 0.05) is 30.9 Å². The molecule has 0 saturated heterocycles. The van der Waals surface area contributed by atoms with Crippen LogP contribution in [0.5, 0.6) is 0 Å². The molecule has 0 spiro atoms. The van der Waals surface area contributed by atoms with Crippen LogP contribution in [0.25, 0.3) is 11.4 Å². The number of pyridine rings is 1. The third-order valence-electron chi connectivity index (χ3n) is 2.70. The maximum atomic E-state index is 5.89. The molecule has 1 fully saturated rings. The summed E-state index contributed by atoms with van der Waals surface area (Å²) in [6.45, 7) is 0. The molecule has 4 nitrogen and oxygen atoms in total. The van der Waals surface area contributed by atoms with E-state index >= 15 is 0 Å². The summed E-state index contributed by atoms with van der Waals surface area (Å²) in [5.74, 6) is 2.37. The van der Waals surface area contributed by atoms with Crippen molar-refractivity contribution in [2.75, 3.05) is 0 Å². The van der Waals surface area contributed by atoms with Gasteiger partial charge in [0.25, 0.3) is 0 Å². The van der Waals surface area contributed by atoms with Gasteiger partial charge in [0.15, 0.2) is 5.82 Å². The van der Waals surface area contributed by atoms with Crippen molar-refractivity contribution in [3.8, 4) is 11.4 Å². The Morgan fingerprint density at radius 3 is 2.88 bits per heavy atom. The summed E-state index contributed by atoms with van der Waals surface area (Å²) in [7, 11) is 1.93. The summed E-state index contributed by atoms with van der Waals surface area (Å²) >= 11 is 5.89. The lowest BCUT2D eigenvalue weighted by molar-refractivity contribution is 0.705. The summed E-state index contributed by atoms with van der Waals surface area (Å²) in [5.41, 5.74) is 0.870. The molecule has 0 unspecified atom stereocenters. The van der Waals surface area contributed by atoms with Crippen LogP contribution in [0.4, 0.5) is 0 Å². The van der Waals surface area contributed by atoms with Crippen LogP contribution in [0.2, 0.25) is 5.02 Å².